The van der Waals surface area contributed by atoms with E-state index in [1.54, 1.807) is 30.6 Å². The van der Waals surface area contributed by atoms with Crippen molar-refractivity contribution in [3.63, 3.8) is 0 Å². The van der Waals surface area contributed by atoms with Crippen LogP contribution in [0.4, 0.5) is 4.79 Å². The van der Waals surface area contributed by atoms with Crippen molar-refractivity contribution in [2.75, 3.05) is 13.1 Å². The Labute approximate surface area is 163 Å². The van der Waals surface area contributed by atoms with Crippen LogP contribution in [0.3, 0.4) is 0 Å². The summed E-state index contributed by atoms with van der Waals surface area (Å²) in [6, 6.07) is -0.734. The van der Waals surface area contributed by atoms with E-state index in [1.807, 2.05) is 6.92 Å². The molecule has 2 aliphatic heterocycles. The molecule has 10 nitrogen and oxygen atoms in total. The van der Waals surface area contributed by atoms with Gasteiger partial charge in [0.05, 0.1) is 13.1 Å². The van der Waals surface area contributed by atoms with Crippen LogP contribution in [0.25, 0.3) is 0 Å². The molecule has 0 saturated carbocycles. The summed E-state index contributed by atoms with van der Waals surface area (Å²) >= 11 is 0. The first kappa shape index (κ1) is 20.1. The predicted molar refractivity (Wildman–Crippen MR) is 96.8 cm³/mol. The zero-order valence-electron chi connectivity index (χ0n) is 16.7. The van der Waals surface area contributed by atoms with Crippen LogP contribution in [-0.2, 0) is 20.9 Å². The minimum atomic E-state index is -0.833. The zero-order chi connectivity index (χ0) is 20.5. The van der Waals surface area contributed by atoms with Gasteiger partial charge in [-0.3, -0.25) is 9.59 Å². The maximum absolute atomic E-state index is 13.1. The first-order chi connectivity index (χ1) is 13.2. The van der Waals surface area contributed by atoms with Gasteiger partial charge in [-0.05, 0) is 40.0 Å². The van der Waals surface area contributed by atoms with E-state index in [9.17, 15) is 14.4 Å². The molecule has 3 rings (SSSR count). The largest absolute Gasteiger partial charge is 0.444 e. The third-order valence-electron chi connectivity index (χ3n) is 5.02. The smallest absolute Gasteiger partial charge is 0.408 e. The number of nitrogens with zero attached hydrogens (tertiary/aromatic N) is 4. The van der Waals surface area contributed by atoms with Gasteiger partial charge in [0, 0.05) is 6.54 Å². The fourth-order valence-electron chi connectivity index (χ4n) is 3.78. The molecule has 2 unspecified atom stereocenters. The topological polar surface area (TPSA) is 118 Å². The highest BCUT2D eigenvalue weighted by atomic mass is 16.6. The summed E-state index contributed by atoms with van der Waals surface area (Å²) in [5, 5.41) is 10.0. The number of carbonyl (C=O) groups is 3. The average molecular weight is 393 g/mol. The minimum absolute atomic E-state index is 0.122. The van der Waals surface area contributed by atoms with Gasteiger partial charge in [-0.1, -0.05) is 6.92 Å². The Morgan fingerprint density at radius 3 is 2.75 bits per heavy atom. The highest BCUT2D eigenvalue weighted by Crippen LogP contribution is 2.40. The second kappa shape index (κ2) is 7.40. The van der Waals surface area contributed by atoms with Crippen molar-refractivity contribution in [3.8, 4) is 0 Å². The summed E-state index contributed by atoms with van der Waals surface area (Å²) < 4.78 is 10.3. The molecule has 0 aliphatic carbocycles. The van der Waals surface area contributed by atoms with Crippen LogP contribution in [-0.4, -0.2) is 68.2 Å². The lowest BCUT2D eigenvalue weighted by Crippen LogP contribution is -2.73. The van der Waals surface area contributed by atoms with Crippen LogP contribution in [0.1, 0.15) is 52.8 Å². The lowest BCUT2D eigenvalue weighted by molar-refractivity contribution is -0.169. The van der Waals surface area contributed by atoms with E-state index in [4.69, 9.17) is 9.15 Å². The molecule has 3 amide bonds. The summed E-state index contributed by atoms with van der Waals surface area (Å²) in [5.74, 6) is -0.0163. The van der Waals surface area contributed by atoms with Crippen LogP contribution >= 0.6 is 0 Å². The number of β-lactam (4-membered cyclic amide) rings is 1. The molecule has 2 aliphatic rings. The number of nitrogens with one attached hydrogen (secondary N) is 1. The van der Waals surface area contributed by atoms with Gasteiger partial charge in [-0.15, -0.1) is 10.2 Å². The van der Waals surface area contributed by atoms with Crippen LogP contribution < -0.4 is 5.32 Å². The van der Waals surface area contributed by atoms with Crippen LogP contribution in [0, 0.1) is 0 Å². The van der Waals surface area contributed by atoms with Gasteiger partial charge in [0.1, 0.15) is 17.2 Å². The number of likely N-dealkylation sites (tertiary alicyclic amines) is 2. The number of alkyl carbamates (subject to hydrolysis) is 1. The first-order valence-corrected chi connectivity index (χ1v) is 9.52. The summed E-state index contributed by atoms with van der Waals surface area (Å²) in [6.07, 6.45) is 2.34. The lowest BCUT2D eigenvalue weighted by Gasteiger charge is -2.51. The number of rotatable bonds is 5. The van der Waals surface area contributed by atoms with E-state index < -0.39 is 23.3 Å². The molecular formula is C18H27N5O5. The van der Waals surface area contributed by atoms with E-state index >= 15 is 0 Å². The SMILES string of the molecule is CCC(NC(=O)OC(C)(C)C)C(=O)N1CCCC12CN(Cc1nnco1)C2=O. The first-order valence-electron chi connectivity index (χ1n) is 9.52. The molecule has 0 bridgehead atoms. The molecule has 3 heterocycles. The maximum atomic E-state index is 13.1. The zero-order valence-corrected chi connectivity index (χ0v) is 16.7. The van der Waals surface area contributed by atoms with Gasteiger partial charge in [0.2, 0.25) is 18.2 Å². The van der Waals surface area contributed by atoms with Gasteiger partial charge >= 0.3 is 6.09 Å². The second-order valence-corrected chi connectivity index (χ2v) is 8.23. The fourth-order valence-corrected chi connectivity index (χ4v) is 3.78. The van der Waals surface area contributed by atoms with Crippen LogP contribution in [0.2, 0.25) is 0 Å². The van der Waals surface area contributed by atoms with Gasteiger partial charge in [0.25, 0.3) is 5.91 Å². The van der Waals surface area contributed by atoms with Crippen molar-refractivity contribution in [2.24, 2.45) is 0 Å². The molecule has 0 aromatic carbocycles. The van der Waals surface area contributed by atoms with E-state index in [1.165, 1.54) is 6.39 Å². The molecular weight excluding hydrogens is 366 g/mol. The van der Waals surface area contributed by atoms with Crippen molar-refractivity contribution in [1.82, 2.24) is 25.3 Å². The van der Waals surface area contributed by atoms with Gasteiger partial charge in [-0.25, -0.2) is 4.79 Å². The molecule has 154 valence electrons. The summed E-state index contributed by atoms with van der Waals surface area (Å²) in [4.78, 5) is 41.3. The van der Waals surface area contributed by atoms with E-state index in [0.29, 0.717) is 31.8 Å². The highest BCUT2D eigenvalue weighted by molar-refractivity contribution is 5.98. The van der Waals surface area contributed by atoms with E-state index in [0.717, 1.165) is 6.42 Å². The molecule has 10 heteroatoms. The molecule has 2 saturated heterocycles. The Hall–Kier alpha value is -2.65. The Bertz CT molecular complexity index is 744. The quantitative estimate of drug-likeness (QED) is 0.744. The predicted octanol–water partition coefficient (Wildman–Crippen LogP) is 1.08. The van der Waals surface area contributed by atoms with Gasteiger partial charge in [-0.2, -0.15) is 0 Å². The third kappa shape index (κ3) is 3.81. The van der Waals surface area contributed by atoms with Gasteiger partial charge < -0.3 is 24.3 Å². The summed E-state index contributed by atoms with van der Waals surface area (Å²) in [7, 11) is 0. The second-order valence-electron chi connectivity index (χ2n) is 8.23. The fraction of sp³-hybridized carbons (Fsp3) is 0.722. The number of carbonyl (C=O) groups excluding carboxylic acids is 3. The van der Waals surface area contributed by atoms with Crippen molar-refractivity contribution >= 4 is 17.9 Å². The normalized spacial score (nSPS) is 22.9. The van der Waals surface area contributed by atoms with Crippen molar-refractivity contribution in [3.05, 3.63) is 12.3 Å². The van der Waals surface area contributed by atoms with Crippen LogP contribution in [0.15, 0.2) is 10.8 Å². The Balaban J connectivity index is 1.65. The third-order valence-corrected chi connectivity index (χ3v) is 5.02. The van der Waals surface area contributed by atoms with Crippen molar-refractivity contribution in [1.29, 1.82) is 0 Å². The molecule has 28 heavy (non-hydrogen) atoms. The van der Waals surface area contributed by atoms with Gasteiger partial charge in [0.15, 0.2) is 0 Å². The summed E-state index contributed by atoms with van der Waals surface area (Å²) in [6.45, 7) is 8.24. The number of amides is 3. The molecule has 1 aromatic rings. The Morgan fingerprint density at radius 2 is 2.18 bits per heavy atom. The van der Waals surface area contributed by atoms with Crippen molar-refractivity contribution in [2.45, 2.75) is 70.7 Å². The average Bonchev–Trinajstić information content (AvgIpc) is 3.28. The van der Waals surface area contributed by atoms with E-state index in [-0.39, 0.29) is 18.4 Å². The Kier molecular flexibility index (Phi) is 5.31. The van der Waals surface area contributed by atoms with Crippen LogP contribution in [0.5, 0.6) is 0 Å². The highest BCUT2D eigenvalue weighted by Gasteiger charge is 2.60. The number of hydrogen-bond acceptors (Lipinski definition) is 7. The minimum Gasteiger partial charge on any atom is -0.444 e. The molecule has 1 spiro atoms. The lowest BCUT2D eigenvalue weighted by atomic mass is 9.85. The standard InChI is InChI=1S/C18H27N5O5/c1-5-12(20-16(26)28-17(2,3)4)14(24)23-8-6-7-18(23)10-22(15(18)25)9-13-21-19-11-27-13/h11-12H,5-10H2,1-4H3,(H,20,26). The monoisotopic (exact) mass is 393 g/mol. The Morgan fingerprint density at radius 1 is 1.43 bits per heavy atom. The van der Waals surface area contributed by atoms with E-state index in [2.05, 4.69) is 15.5 Å². The molecule has 1 aromatic heterocycles. The molecule has 1 N–H and O–H groups in total. The number of hydrogen-bond donors (Lipinski definition) is 1. The van der Waals surface area contributed by atoms with Crippen molar-refractivity contribution < 1.29 is 23.5 Å². The maximum Gasteiger partial charge on any atom is 0.408 e. The molecule has 2 fully saturated rings. The number of ether oxygens (including phenoxy) is 1. The molecule has 2 atom stereocenters. The summed E-state index contributed by atoms with van der Waals surface area (Å²) in [5.41, 5.74) is -1.49. The number of aromatic nitrogens is 2. The molecule has 0 radical (unpaired) electrons.